The van der Waals surface area contributed by atoms with Crippen molar-refractivity contribution in [2.45, 2.75) is 6.42 Å². The van der Waals surface area contributed by atoms with Gasteiger partial charge in [-0.1, -0.05) is 12.1 Å². The summed E-state index contributed by atoms with van der Waals surface area (Å²) in [5.41, 5.74) is 2.37. The molecular formula is C17H17FN6O. The van der Waals surface area contributed by atoms with Crippen LogP contribution in [0, 0.1) is 5.82 Å². The number of benzene rings is 1. The molecule has 4 rings (SSSR count). The van der Waals surface area contributed by atoms with Gasteiger partial charge in [0.25, 0.3) is 0 Å². The molecule has 128 valence electrons. The van der Waals surface area contributed by atoms with Crippen LogP contribution >= 0.6 is 0 Å². The Balaban J connectivity index is 1.38. The Labute approximate surface area is 143 Å². The lowest BCUT2D eigenvalue weighted by Crippen LogP contribution is -2.49. The Morgan fingerprint density at radius 1 is 1.16 bits per heavy atom. The molecule has 2 aromatic heterocycles. The SMILES string of the molecule is O=C(Cc1cccc(F)c1)N1CCN(c2cnn3cnnc3c2)CC1. The summed E-state index contributed by atoms with van der Waals surface area (Å²) in [6.07, 6.45) is 3.56. The van der Waals surface area contributed by atoms with Gasteiger partial charge < -0.3 is 9.80 Å². The van der Waals surface area contributed by atoms with Crippen molar-refractivity contribution in [1.29, 1.82) is 0 Å². The molecule has 0 atom stereocenters. The molecule has 0 aliphatic carbocycles. The van der Waals surface area contributed by atoms with Gasteiger partial charge in [0.1, 0.15) is 12.1 Å². The standard InChI is InChI=1S/C17H17FN6O/c18-14-3-1-2-13(8-14)9-17(25)23-6-4-22(5-7-23)15-10-16-21-19-12-24(16)20-11-15/h1-3,8,10-12H,4-7,9H2. The highest BCUT2D eigenvalue weighted by atomic mass is 19.1. The lowest BCUT2D eigenvalue weighted by atomic mass is 10.1. The van der Waals surface area contributed by atoms with Crippen molar-refractivity contribution in [3.05, 3.63) is 54.2 Å². The number of carbonyl (C=O) groups excluding carboxylic acids is 1. The molecule has 0 unspecified atom stereocenters. The maximum Gasteiger partial charge on any atom is 0.227 e. The first-order valence-electron chi connectivity index (χ1n) is 8.12. The molecule has 0 spiro atoms. The van der Waals surface area contributed by atoms with E-state index >= 15 is 0 Å². The molecular weight excluding hydrogens is 323 g/mol. The first-order chi connectivity index (χ1) is 12.2. The van der Waals surface area contributed by atoms with Gasteiger partial charge in [0, 0.05) is 32.2 Å². The van der Waals surface area contributed by atoms with Crippen molar-refractivity contribution in [3.8, 4) is 0 Å². The van der Waals surface area contributed by atoms with Gasteiger partial charge in [-0.15, -0.1) is 10.2 Å². The monoisotopic (exact) mass is 340 g/mol. The zero-order valence-corrected chi connectivity index (χ0v) is 13.5. The Morgan fingerprint density at radius 3 is 2.80 bits per heavy atom. The number of hydrogen-bond donors (Lipinski definition) is 0. The van der Waals surface area contributed by atoms with Crippen LogP contribution in [-0.2, 0) is 11.2 Å². The summed E-state index contributed by atoms with van der Waals surface area (Å²) in [5, 5.41) is 12.1. The zero-order valence-electron chi connectivity index (χ0n) is 13.5. The van der Waals surface area contributed by atoms with Crippen molar-refractivity contribution in [1.82, 2.24) is 24.7 Å². The van der Waals surface area contributed by atoms with Gasteiger partial charge in [-0.05, 0) is 17.7 Å². The van der Waals surface area contributed by atoms with Crippen molar-refractivity contribution in [3.63, 3.8) is 0 Å². The Morgan fingerprint density at radius 2 is 2.00 bits per heavy atom. The highest BCUT2D eigenvalue weighted by Crippen LogP contribution is 2.17. The Hall–Kier alpha value is -3.03. The lowest BCUT2D eigenvalue weighted by Gasteiger charge is -2.36. The number of piperazine rings is 1. The molecule has 3 heterocycles. The van der Waals surface area contributed by atoms with Crippen LogP contribution in [-0.4, -0.2) is 56.8 Å². The molecule has 0 radical (unpaired) electrons. The van der Waals surface area contributed by atoms with E-state index in [-0.39, 0.29) is 18.1 Å². The molecule has 0 bridgehead atoms. The van der Waals surface area contributed by atoms with Crippen LogP contribution in [0.3, 0.4) is 0 Å². The molecule has 8 heteroatoms. The van der Waals surface area contributed by atoms with Crippen molar-refractivity contribution >= 4 is 17.2 Å². The average Bonchev–Trinajstić information content (AvgIpc) is 3.09. The molecule has 25 heavy (non-hydrogen) atoms. The minimum Gasteiger partial charge on any atom is -0.367 e. The van der Waals surface area contributed by atoms with Gasteiger partial charge in [-0.3, -0.25) is 4.79 Å². The number of carbonyl (C=O) groups is 1. The van der Waals surface area contributed by atoms with E-state index in [1.54, 1.807) is 29.2 Å². The quantitative estimate of drug-likeness (QED) is 0.716. The van der Waals surface area contributed by atoms with Gasteiger partial charge in [0.15, 0.2) is 5.65 Å². The number of halogens is 1. The topological polar surface area (TPSA) is 66.6 Å². The fourth-order valence-electron chi connectivity index (χ4n) is 3.03. The fourth-order valence-corrected chi connectivity index (χ4v) is 3.03. The van der Waals surface area contributed by atoms with Crippen LogP contribution < -0.4 is 4.90 Å². The highest BCUT2D eigenvalue weighted by molar-refractivity contribution is 5.79. The van der Waals surface area contributed by atoms with Gasteiger partial charge >= 0.3 is 0 Å². The van der Waals surface area contributed by atoms with Gasteiger partial charge in [-0.25, -0.2) is 8.91 Å². The second kappa shape index (κ2) is 6.46. The number of aromatic nitrogens is 4. The molecule has 1 aliphatic heterocycles. The molecule has 1 aromatic carbocycles. The summed E-state index contributed by atoms with van der Waals surface area (Å²) in [6.45, 7) is 2.71. The number of anilines is 1. The van der Waals surface area contributed by atoms with Crippen LogP contribution in [0.2, 0.25) is 0 Å². The Kier molecular flexibility index (Phi) is 4.01. The second-order valence-corrected chi connectivity index (χ2v) is 6.02. The zero-order chi connectivity index (χ0) is 17.2. The number of amides is 1. The summed E-state index contributed by atoms with van der Waals surface area (Å²) in [5.74, 6) is -0.289. The normalized spacial score (nSPS) is 14.9. The highest BCUT2D eigenvalue weighted by Gasteiger charge is 2.22. The maximum absolute atomic E-state index is 13.2. The largest absolute Gasteiger partial charge is 0.367 e. The number of fused-ring (bicyclic) bond motifs is 1. The van der Waals surface area contributed by atoms with Crippen LogP contribution in [0.15, 0.2) is 42.9 Å². The number of nitrogens with zero attached hydrogens (tertiary/aromatic N) is 6. The molecule has 0 saturated carbocycles. The maximum atomic E-state index is 13.2. The summed E-state index contributed by atoms with van der Waals surface area (Å²) in [6, 6.07) is 8.13. The van der Waals surface area contributed by atoms with E-state index in [0.29, 0.717) is 24.3 Å². The average molecular weight is 340 g/mol. The fraction of sp³-hybridized carbons (Fsp3) is 0.294. The third-order valence-corrected chi connectivity index (χ3v) is 4.39. The van der Waals surface area contributed by atoms with Crippen molar-refractivity contribution < 1.29 is 9.18 Å². The lowest BCUT2D eigenvalue weighted by molar-refractivity contribution is -0.130. The van der Waals surface area contributed by atoms with Crippen molar-refractivity contribution in [2.24, 2.45) is 0 Å². The minimum absolute atomic E-state index is 0.0243. The summed E-state index contributed by atoms with van der Waals surface area (Å²) >= 11 is 0. The third-order valence-electron chi connectivity index (χ3n) is 4.39. The van der Waals surface area contributed by atoms with Crippen LogP contribution in [0.1, 0.15) is 5.56 Å². The van der Waals surface area contributed by atoms with E-state index in [1.807, 2.05) is 11.0 Å². The van der Waals surface area contributed by atoms with E-state index in [1.165, 1.54) is 12.1 Å². The van der Waals surface area contributed by atoms with E-state index in [9.17, 15) is 9.18 Å². The Bertz CT molecular complexity index is 903. The molecule has 7 nitrogen and oxygen atoms in total. The van der Waals surface area contributed by atoms with Crippen molar-refractivity contribution in [2.75, 3.05) is 31.1 Å². The summed E-state index contributed by atoms with van der Waals surface area (Å²) < 4.78 is 14.9. The van der Waals surface area contributed by atoms with Crippen LogP contribution in [0.25, 0.3) is 5.65 Å². The van der Waals surface area contributed by atoms with E-state index in [0.717, 1.165) is 18.8 Å². The molecule has 0 N–H and O–H groups in total. The molecule has 1 aliphatic rings. The van der Waals surface area contributed by atoms with Crippen LogP contribution in [0.5, 0.6) is 0 Å². The first-order valence-corrected chi connectivity index (χ1v) is 8.12. The molecule has 1 amide bonds. The molecule has 1 saturated heterocycles. The first kappa shape index (κ1) is 15.5. The smallest absolute Gasteiger partial charge is 0.227 e. The van der Waals surface area contributed by atoms with E-state index in [2.05, 4.69) is 20.2 Å². The molecule has 1 fully saturated rings. The predicted octanol–water partition coefficient (Wildman–Crippen LogP) is 1.15. The number of hydrogen-bond acceptors (Lipinski definition) is 5. The predicted molar refractivity (Wildman–Crippen MR) is 89.7 cm³/mol. The van der Waals surface area contributed by atoms with Gasteiger partial charge in [0.05, 0.1) is 18.3 Å². The van der Waals surface area contributed by atoms with Crippen LogP contribution in [0.4, 0.5) is 10.1 Å². The third kappa shape index (κ3) is 3.28. The number of rotatable bonds is 3. The van der Waals surface area contributed by atoms with Gasteiger partial charge in [0.2, 0.25) is 5.91 Å². The van der Waals surface area contributed by atoms with Gasteiger partial charge in [-0.2, -0.15) is 5.10 Å². The minimum atomic E-state index is -0.313. The summed E-state index contributed by atoms with van der Waals surface area (Å²) in [4.78, 5) is 16.4. The molecule has 3 aromatic rings. The van der Waals surface area contributed by atoms with E-state index < -0.39 is 0 Å². The second-order valence-electron chi connectivity index (χ2n) is 6.02. The van der Waals surface area contributed by atoms with E-state index in [4.69, 9.17) is 0 Å². The summed E-state index contributed by atoms with van der Waals surface area (Å²) in [7, 11) is 0.